The van der Waals surface area contributed by atoms with Crippen LogP contribution < -0.4 is 0 Å². The molecule has 0 aliphatic heterocycles. The Morgan fingerprint density at radius 1 is 1.21 bits per heavy atom. The van der Waals surface area contributed by atoms with Crippen LogP contribution in [0.4, 0.5) is 5.69 Å². The maximum atomic E-state index is 11.6. The molecule has 0 atom stereocenters. The lowest BCUT2D eigenvalue weighted by Gasteiger charge is -2.07. The topological polar surface area (TPSA) is 51.4 Å². The average Bonchev–Trinajstić information content (AvgIpc) is 2.81. The van der Waals surface area contributed by atoms with Gasteiger partial charge in [0.25, 0.3) is 0 Å². The van der Waals surface area contributed by atoms with E-state index in [4.69, 9.17) is 0 Å². The first-order chi connectivity index (χ1) is 8.89. The number of hydrogen-bond acceptors (Lipinski definition) is 3. The van der Waals surface area contributed by atoms with Crippen molar-refractivity contribution in [3.63, 3.8) is 0 Å². The number of benzene rings is 1. The highest BCUT2D eigenvalue weighted by Gasteiger charge is 2.12. The van der Waals surface area contributed by atoms with E-state index in [-0.39, 0.29) is 0 Å². The Balaban J connectivity index is 2.49. The van der Waals surface area contributed by atoms with Gasteiger partial charge in [-0.15, -0.1) is 0 Å². The van der Waals surface area contributed by atoms with Crippen LogP contribution in [0.1, 0.15) is 12.6 Å². The van der Waals surface area contributed by atoms with Crippen LogP contribution in [-0.2, 0) is 10.0 Å². The molecule has 0 radical (unpaired) electrons. The lowest BCUT2D eigenvalue weighted by Crippen LogP contribution is -2.14. The summed E-state index contributed by atoms with van der Waals surface area (Å²) in [6.45, 7) is 1.81. The van der Waals surface area contributed by atoms with Crippen LogP contribution in [-0.4, -0.2) is 24.4 Å². The van der Waals surface area contributed by atoms with Gasteiger partial charge < -0.3 is 0 Å². The van der Waals surface area contributed by atoms with Gasteiger partial charge in [-0.1, -0.05) is 12.1 Å². The fourth-order valence-electron chi connectivity index (χ4n) is 1.72. The van der Waals surface area contributed by atoms with Crippen molar-refractivity contribution in [2.75, 3.05) is 6.26 Å². The first-order valence-electron chi connectivity index (χ1n) is 5.57. The van der Waals surface area contributed by atoms with E-state index >= 15 is 0 Å². The minimum Gasteiger partial charge on any atom is -0.250 e. The van der Waals surface area contributed by atoms with E-state index in [0.29, 0.717) is 11.4 Å². The molecule has 0 fully saturated rings. The molecule has 0 spiro atoms. The molecule has 1 aromatic carbocycles. The van der Waals surface area contributed by atoms with Crippen molar-refractivity contribution in [3.8, 4) is 0 Å². The first-order valence-corrected chi connectivity index (χ1v) is 8.50. The Morgan fingerprint density at radius 2 is 1.89 bits per heavy atom. The number of halogens is 1. The van der Waals surface area contributed by atoms with E-state index in [1.807, 2.05) is 24.3 Å². The Bertz CT molecular complexity index is 733. The van der Waals surface area contributed by atoms with Crippen molar-refractivity contribution in [1.82, 2.24) is 3.97 Å². The van der Waals surface area contributed by atoms with E-state index < -0.39 is 10.0 Å². The van der Waals surface area contributed by atoms with Crippen molar-refractivity contribution in [2.45, 2.75) is 6.92 Å². The molecule has 0 N–H and O–H groups in total. The molecule has 100 valence electrons. The largest absolute Gasteiger partial charge is 0.250 e. The number of hydrogen-bond donors (Lipinski definition) is 0. The molecule has 0 unspecified atom stereocenters. The maximum absolute atomic E-state index is 11.6. The third kappa shape index (κ3) is 3.24. The van der Waals surface area contributed by atoms with E-state index in [9.17, 15) is 8.42 Å². The molecular formula is C13H13IN2O2S. The van der Waals surface area contributed by atoms with Gasteiger partial charge in [0.2, 0.25) is 10.0 Å². The maximum Gasteiger partial charge on any atom is 0.236 e. The first kappa shape index (κ1) is 14.3. The lowest BCUT2D eigenvalue weighted by atomic mass is 10.3. The van der Waals surface area contributed by atoms with Gasteiger partial charge in [0.1, 0.15) is 0 Å². The van der Waals surface area contributed by atoms with Gasteiger partial charge in [-0.25, -0.2) is 12.4 Å². The zero-order chi connectivity index (χ0) is 14.0. The zero-order valence-corrected chi connectivity index (χ0v) is 13.5. The van der Waals surface area contributed by atoms with E-state index in [0.717, 1.165) is 9.26 Å². The zero-order valence-electron chi connectivity index (χ0n) is 10.5. The summed E-state index contributed by atoms with van der Waals surface area (Å²) in [6, 6.07) is 11.2. The van der Waals surface area contributed by atoms with Crippen molar-refractivity contribution >= 4 is 44.0 Å². The molecule has 2 aromatic rings. The molecule has 0 aliphatic rings. The molecule has 1 aromatic heterocycles. The van der Waals surface area contributed by atoms with Crippen LogP contribution in [0.5, 0.6) is 0 Å². The number of aliphatic imine (C=N–C) groups is 1. The molecule has 0 saturated carbocycles. The molecule has 2 rings (SSSR count). The van der Waals surface area contributed by atoms with Crippen molar-refractivity contribution < 1.29 is 8.42 Å². The van der Waals surface area contributed by atoms with Crippen LogP contribution in [0.15, 0.2) is 47.6 Å². The quantitative estimate of drug-likeness (QED) is 0.600. The summed E-state index contributed by atoms with van der Waals surface area (Å²) in [6.07, 6.45) is 2.70. The van der Waals surface area contributed by atoms with Crippen LogP contribution in [0.2, 0.25) is 0 Å². The summed E-state index contributed by atoms with van der Waals surface area (Å²) in [5, 5.41) is 0. The van der Waals surface area contributed by atoms with Crippen LogP contribution in [0, 0.1) is 3.57 Å². The summed E-state index contributed by atoms with van der Waals surface area (Å²) < 4.78 is 25.6. The normalized spacial score (nSPS) is 12.7. The van der Waals surface area contributed by atoms with E-state index in [1.165, 1.54) is 16.4 Å². The van der Waals surface area contributed by atoms with Crippen molar-refractivity contribution in [3.05, 3.63) is 51.9 Å². The Labute approximate surface area is 126 Å². The van der Waals surface area contributed by atoms with Crippen LogP contribution >= 0.6 is 22.6 Å². The number of para-hydroxylation sites is 1. The van der Waals surface area contributed by atoms with Gasteiger partial charge in [0.05, 0.1) is 23.3 Å². The van der Waals surface area contributed by atoms with E-state index in [2.05, 4.69) is 27.6 Å². The predicted molar refractivity (Wildman–Crippen MR) is 85.7 cm³/mol. The fraction of sp³-hybridized carbons (Fsp3) is 0.154. The summed E-state index contributed by atoms with van der Waals surface area (Å²) in [4.78, 5) is 4.50. The summed E-state index contributed by atoms with van der Waals surface area (Å²) in [5.74, 6) is 0. The molecule has 0 amide bonds. The van der Waals surface area contributed by atoms with Crippen molar-refractivity contribution in [1.29, 1.82) is 0 Å². The standard InChI is InChI=1S/C13H13IN2O2S/c1-10(15-12-7-4-3-6-11(12)14)13-8-5-9-16(13)19(2,17)18/h3-9H,1-2H3. The average molecular weight is 388 g/mol. The number of nitrogens with zero attached hydrogens (tertiary/aromatic N) is 2. The second-order valence-corrected chi connectivity index (χ2v) is 7.12. The third-order valence-corrected chi connectivity index (χ3v) is 4.53. The molecule has 6 heteroatoms. The molecule has 1 heterocycles. The minimum atomic E-state index is -3.30. The molecular weight excluding hydrogens is 375 g/mol. The molecule has 19 heavy (non-hydrogen) atoms. The van der Waals surface area contributed by atoms with Gasteiger partial charge in [-0.2, -0.15) is 0 Å². The van der Waals surface area contributed by atoms with Gasteiger partial charge in [-0.3, -0.25) is 4.99 Å². The van der Waals surface area contributed by atoms with Gasteiger partial charge >= 0.3 is 0 Å². The fourth-order valence-corrected chi connectivity index (χ4v) is 3.07. The molecule has 0 aliphatic carbocycles. The highest BCUT2D eigenvalue weighted by atomic mass is 127. The smallest absolute Gasteiger partial charge is 0.236 e. The minimum absolute atomic E-state index is 0.585. The van der Waals surface area contributed by atoms with Crippen molar-refractivity contribution in [2.24, 2.45) is 4.99 Å². The lowest BCUT2D eigenvalue weighted by molar-refractivity contribution is 0.593. The Kier molecular flexibility index (Phi) is 4.10. The Hall–Kier alpha value is -1.15. The molecule has 4 nitrogen and oxygen atoms in total. The van der Waals surface area contributed by atoms with Gasteiger partial charge in [0.15, 0.2) is 0 Å². The van der Waals surface area contributed by atoms with E-state index in [1.54, 1.807) is 19.1 Å². The Morgan fingerprint density at radius 3 is 2.53 bits per heavy atom. The second kappa shape index (κ2) is 5.46. The second-order valence-electron chi connectivity index (χ2n) is 4.10. The monoisotopic (exact) mass is 388 g/mol. The van der Waals surface area contributed by atoms with Gasteiger partial charge in [0, 0.05) is 9.77 Å². The van der Waals surface area contributed by atoms with Crippen LogP contribution in [0.3, 0.4) is 0 Å². The molecule has 0 bridgehead atoms. The number of rotatable bonds is 3. The third-order valence-electron chi connectivity index (χ3n) is 2.58. The summed E-state index contributed by atoms with van der Waals surface area (Å²) >= 11 is 2.20. The number of aromatic nitrogens is 1. The summed E-state index contributed by atoms with van der Waals surface area (Å²) in [7, 11) is -3.30. The highest BCUT2D eigenvalue weighted by molar-refractivity contribution is 14.1. The van der Waals surface area contributed by atoms with Gasteiger partial charge in [-0.05, 0) is 53.8 Å². The highest BCUT2D eigenvalue weighted by Crippen LogP contribution is 2.22. The molecule has 0 saturated heterocycles. The summed E-state index contributed by atoms with van der Waals surface area (Å²) in [5.41, 5.74) is 2.09. The SMILES string of the molecule is CC(=Nc1ccccc1I)c1cccn1S(C)(=O)=O. The van der Waals surface area contributed by atoms with Crippen LogP contribution in [0.25, 0.3) is 0 Å². The predicted octanol–water partition coefficient (Wildman–Crippen LogP) is 3.04.